The third-order valence-corrected chi connectivity index (χ3v) is 3.82. The summed E-state index contributed by atoms with van der Waals surface area (Å²) in [6, 6.07) is 7.83. The summed E-state index contributed by atoms with van der Waals surface area (Å²) in [7, 11) is 1.66. The SMILES string of the molecule is COc1ccccc1C1(O)CCCC(C)(C)C1. The molecule has 1 aliphatic rings. The number of para-hydroxylation sites is 1. The summed E-state index contributed by atoms with van der Waals surface area (Å²) in [5.74, 6) is 0.799. The molecule has 1 aliphatic carbocycles. The van der Waals surface area contributed by atoms with Crippen LogP contribution in [-0.4, -0.2) is 12.2 Å². The molecule has 2 rings (SSSR count). The molecule has 0 saturated heterocycles. The van der Waals surface area contributed by atoms with Crippen LogP contribution in [-0.2, 0) is 5.60 Å². The van der Waals surface area contributed by atoms with Gasteiger partial charge >= 0.3 is 0 Å². The number of methoxy groups -OCH3 is 1. The van der Waals surface area contributed by atoms with Gasteiger partial charge in [-0.1, -0.05) is 32.0 Å². The second-order valence-corrected chi connectivity index (χ2v) is 5.93. The number of benzene rings is 1. The van der Waals surface area contributed by atoms with E-state index in [0.717, 1.165) is 30.6 Å². The molecule has 94 valence electrons. The summed E-state index contributed by atoms with van der Waals surface area (Å²) in [5, 5.41) is 10.9. The first-order valence-electron chi connectivity index (χ1n) is 6.33. The van der Waals surface area contributed by atoms with Crippen molar-refractivity contribution in [3.05, 3.63) is 29.8 Å². The number of ether oxygens (including phenoxy) is 1. The van der Waals surface area contributed by atoms with Crippen molar-refractivity contribution < 1.29 is 9.84 Å². The molecule has 1 aromatic rings. The minimum atomic E-state index is -0.728. The van der Waals surface area contributed by atoms with Crippen LogP contribution in [0.4, 0.5) is 0 Å². The van der Waals surface area contributed by atoms with Gasteiger partial charge in [-0.25, -0.2) is 0 Å². The van der Waals surface area contributed by atoms with Crippen LogP contribution in [0.1, 0.15) is 45.1 Å². The van der Waals surface area contributed by atoms with E-state index in [0.29, 0.717) is 0 Å². The zero-order chi connectivity index (χ0) is 12.5. The second-order valence-electron chi connectivity index (χ2n) is 5.93. The summed E-state index contributed by atoms with van der Waals surface area (Å²) in [6.07, 6.45) is 3.89. The Morgan fingerprint density at radius 3 is 2.53 bits per heavy atom. The monoisotopic (exact) mass is 234 g/mol. The molecule has 0 aromatic heterocycles. The molecular weight excluding hydrogens is 212 g/mol. The highest BCUT2D eigenvalue weighted by Crippen LogP contribution is 2.48. The van der Waals surface area contributed by atoms with Gasteiger partial charge < -0.3 is 9.84 Å². The van der Waals surface area contributed by atoms with E-state index in [4.69, 9.17) is 4.74 Å². The van der Waals surface area contributed by atoms with E-state index in [1.807, 2.05) is 24.3 Å². The molecule has 17 heavy (non-hydrogen) atoms. The minimum Gasteiger partial charge on any atom is -0.496 e. The number of rotatable bonds is 2. The Kier molecular flexibility index (Phi) is 3.17. The quantitative estimate of drug-likeness (QED) is 0.849. The average Bonchev–Trinajstić information content (AvgIpc) is 2.27. The lowest BCUT2D eigenvalue weighted by atomic mass is 9.67. The van der Waals surface area contributed by atoms with Crippen molar-refractivity contribution in [2.75, 3.05) is 7.11 Å². The van der Waals surface area contributed by atoms with Crippen LogP contribution in [0.3, 0.4) is 0 Å². The van der Waals surface area contributed by atoms with Crippen LogP contribution < -0.4 is 4.74 Å². The third-order valence-electron chi connectivity index (χ3n) is 3.82. The minimum absolute atomic E-state index is 0.202. The van der Waals surface area contributed by atoms with Gasteiger partial charge in [0.1, 0.15) is 5.75 Å². The molecule has 0 spiro atoms. The highest BCUT2D eigenvalue weighted by Gasteiger charge is 2.41. The summed E-state index contributed by atoms with van der Waals surface area (Å²) in [6.45, 7) is 4.46. The number of hydrogen-bond donors (Lipinski definition) is 1. The van der Waals surface area contributed by atoms with E-state index >= 15 is 0 Å². The van der Waals surface area contributed by atoms with Crippen LogP contribution in [0.15, 0.2) is 24.3 Å². The van der Waals surface area contributed by atoms with Crippen molar-refractivity contribution in [1.29, 1.82) is 0 Å². The first-order chi connectivity index (χ1) is 7.97. The van der Waals surface area contributed by atoms with E-state index in [2.05, 4.69) is 13.8 Å². The van der Waals surface area contributed by atoms with E-state index in [-0.39, 0.29) is 5.41 Å². The molecule has 2 nitrogen and oxygen atoms in total. The van der Waals surface area contributed by atoms with E-state index in [1.54, 1.807) is 7.11 Å². The Morgan fingerprint density at radius 2 is 1.88 bits per heavy atom. The fourth-order valence-electron chi connectivity index (χ4n) is 3.09. The predicted octanol–water partition coefficient (Wildman–Crippen LogP) is 3.48. The van der Waals surface area contributed by atoms with Crippen molar-refractivity contribution in [2.45, 2.75) is 45.1 Å². The molecule has 0 amide bonds. The molecule has 1 N–H and O–H groups in total. The molecule has 1 fully saturated rings. The highest BCUT2D eigenvalue weighted by molar-refractivity contribution is 5.38. The highest BCUT2D eigenvalue weighted by atomic mass is 16.5. The second kappa shape index (κ2) is 4.34. The standard InChI is InChI=1S/C15H22O2/c1-14(2)9-6-10-15(16,11-14)12-7-4-5-8-13(12)17-3/h4-5,7-8,16H,6,9-11H2,1-3H3. The van der Waals surface area contributed by atoms with Crippen molar-refractivity contribution >= 4 is 0 Å². The molecule has 1 unspecified atom stereocenters. The molecular formula is C15H22O2. The van der Waals surface area contributed by atoms with E-state index in [9.17, 15) is 5.11 Å². The fourth-order valence-corrected chi connectivity index (χ4v) is 3.09. The smallest absolute Gasteiger partial charge is 0.124 e. The van der Waals surface area contributed by atoms with Gasteiger partial charge in [0.05, 0.1) is 12.7 Å². The molecule has 0 heterocycles. The fraction of sp³-hybridized carbons (Fsp3) is 0.600. The topological polar surface area (TPSA) is 29.5 Å². The molecule has 2 heteroatoms. The zero-order valence-corrected chi connectivity index (χ0v) is 11.0. The lowest BCUT2D eigenvalue weighted by molar-refractivity contribution is -0.0454. The van der Waals surface area contributed by atoms with Crippen molar-refractivity contribution in [1.82, 2.24) is 0 Å². The molecule has 1 aromatic carbocycles. The van der Waals surface area contributed by atoms with Crippen molar-refractivity contribution in [3.8, 4) is 5.75 Å². The zero-order valence-electron chi connectivity index (χ0n) is 11.0. The first-order valence-corrected chi connectivity index (χ1v) is 6.33. The lowest BCUT2D eigenvalue weighted by Gasteiger charge is -2.42. The van der Waals surface area contributed by atoms with Crippen LogP contribution in [0.2, 0.25) is 0 Å². The van der Waals surface area contributed by atoms with Gasteiger partial charge in [-0.2, -0.15) is 0 Å². The Morgan fingerprint density at radius 1 is 1.18 bits per heavy atom. The van der Waals surface area contributed by atoms with Gasteiger partial charge in [-0.15, -0.1) is 0 Å². The van der Waals surface area contributed by atoms with Gasteiger partial charge in [0, 0.05) is 5.56 Å². The van der Waals surface area contributed by atoms with Crippen LogP contribution in [0, 0.1) is 5.41 Å². The average molecular weight is 234 g/mol. The maximum absolute atomic E-state index is 10.9. The van der Waals surface area contributed by atoms with Gasteiger partial charge in [0.25, 0.3) is 0 Å². The van der Waals surface area contributed by atoms with Gasteiger partial charge in [-0.3, -0.25) is 0 Å². The first kappa shape index (κ1) is 12.4. The van der Waals surface area contributed by atoms with Gasteiger partial charge in [0.2, 0.25) is 0 Å². The largest absolute Gasteiger partial charge is 0.496 e. The molecule has 0 bridgehead atoms. The van der Waals surface area contributed by atoms with Crippen molar-refractivity contribution in [2.24, 2.45) is 5.41 Å². The molecule has 1 atom stereocenters. The van der Waals surface area contributed by atoms with E-state index in [1.165, 1.54) is 6.42 Å². The van der Waals surface area contributed by atoms with Crippen LogP contribution in [0.25, 0.3) is 0 Å². The van der Waals surface area contributed by atoms with Gasteiger partial charge in [-0.05, 0) is 37.2 Å². The Balaban J connectivity index is 2.37. The summed E-state index contributed by atoms with van der Waals surface area (Å²) in [5.41, 5.74) is 0.414. The van der Waals surface area contributed by atoms with Crippen LogP contribution >= 0.6 is 0 Å². The predicted molar refractivity (Wildman–Crippen MR) is 69.1 cm³/mol. The molecule has 0 radical (unpaired) electrons. The normalized spacial score (nSPS) is 27.8. The number of aliphatic hydroxyl groups is 1. The third kappa shape index (κ3) is 2.47. The lowest BCUT2D eigenvalue weighted by Crippen LogP contribution is -2.36. The Hall–Kier alpha value is -1.02. The molecule has 1 saturated carbocycles. The van der Waals surface area contributed by atoms with Gasteiger partial charge in [0.15, 0.2) is 0 Å². The summed E-state index contributed by atoms with van der Waals surface area (Å²) >= 11 is 0. The van der Waals surface area contributed by atoms with Crippen molar-refractivity contribution in [3.63, 3.8) is 0 Å². The van der Waals surface area contributed by atoms with E-state index < -0.39 is 5.60 Å². The Bertz CT molecular complexity index is 398. The summed E-state index contributed by atoms with van der Waals surface area (Å²) in [4.78, 5) is 0. The summed E-state index contributed by atoms with van der Waals surface area (Å²) < 4.78 is 5.37. The number of hydrogen-bond acceptors (Lipinski definition) is 2. The van der Waals surface area contributed by atoms with Crippen LogP contribution in [0.5, 0.6) is 5.75 Å². The Labute approximate surface area is 104 Å². The maximum Gasteiger partial charge on any atom is 0.124 e. The maximum atomic E-state index is 10.9. The molecule has 0 aliphatic heterocycles.